The molecule has 3 rings (SSSR count). The van der Waals surface area contributed by atoms with E-state index in [1.807, 2.05) is 6.07 Å². The van der Waals surface area contributed by atoms with Gasteiger partial charge >= 0.3 is 0 Å². The molecule has 0 saturated heterocycles. The van der Waals surface area contributed by atoms with Crippen LogP contribution < -0.4 is 5.73 Å². The van der Waals surface area contributed by atoms with E-state index in [0.717, 1.165) is 23.1 Å². The Morgan fingerprint density at radius 2 is 2.27 bits per heavy atom. The van der Waals surface area contributed by atoms with Crippen LogP contribution in [0.5, 0.6) is 0 Å². The number of hydrogen-bond donors (Lipinski definition) is 2. The van der Waals surface area contributed by atoms with Crippen molar-refractivity contribution >= 4 is 26.7 Å². The molecule has 1 fully saturated rings. The molecule has 78 valence electrons. The lowest BCUT2D eigenvalue weighted by atomic mass is 9.97. The Morgan fingerprint density at radius 1 is 1.47 bits per heavy atom. The van der Waals surface area contributed by atoms with E-state index in [2.05, 4.69) is 17.1 Å². The highest BCUT2D eigenvalue weighted by Gasteiger charge is 2.43. The first-order valence-electron chi connectivity index (χ1n) is 5.01. The summed E-state index contributed by atoms with van der Waals surface area (Å²) in [6.07, 6.45) is 2.17. The number of thiazole rings is 1. The summed E-state index contributed by atoms with van der Waals surface area (Å²) in [4.78, 5) is 4.22. The van der Waals surface area contributed by atoms with Gasteiger partial charge in [0.15, 0.2) is 5.13 Å². The van der Waals surface area contributed by atoms with Crippen LogP contribution in [0.2, 0.25) is 0 Å². The number of hydrogen-bond acceptors (Lipinski definition) is 4. The zero-order valence-corrected chi connectivity index (χ0v) is 9.05. The van der Waals surface area contributed by atoms with E-state index < -0.39 is 0 Å². The van der Waals surface area contributed by atoms with Gasteiger partial charge < -0.3 is 10.8 Å². The van der Waals surface area contributed by atoms with Crippen LogP contribution in [0.25, 0.3) is 10.2 Å². The molecule has 3 N–H and O–H groups in total. The second kappa shape index (κ2) is 2.93. The highest BCUT2D eigenvalue weighted by atomic mass is 32.1. The summed E-state index contributed by atoms with van der Waals surface area (Å²) in [6.45, 7) is 0.243. The fourth-order valence-electron chi connectivity index (χ4n) is 1.96. The van der Waals surface area contributed by atoms with Gasteiger partial charge in [-0.25, -0.2) is 4.98 Å². The van der Waals surface area contributed by atoms with Crippen molar-refractivity contribution in [1.82, 2.24) is 4.98 Å². The zero-order valence-electron chi connectivity index (χ0n) is 8.23. The number of aliphatic hydroxyl groups is 1. The number of rotatable bonds is 2. The van der Waals surface area contributed by atoms with Gasteiger partial charge in [-0.05, 0) is 30.5 Å². The Kier molecular flexibility index (Phi) is 1.78. The van der Waals surface area contributed by atoms with Gasteiger partial charge in [-0.2, -0.15) is 0 Å². The van der Waals surface area contributed by atoms with Gasteiger partial charge in [0.25, 0.3) is 0 Å². The third kappa shape index (κ3) is 1.33. The molecule has 1 aliphatic rings. The van der Waals surface area contributed by atoms with Crippen LogP contribution in [0.1, 0.15) is 18.4 Å². The van der Waals surface area contributed by atoms with Gasteiger partial charge in [0.1, 0.15) is 0 Å². The molecule has 15 heavy (non-hydrogen) atoms. The topological polar surface area (TPSA) is 59.1 Å². The molecule has 0 spiro atoms. The fourth-order valence-corrected chi connectivity index (χ4v) is 2.73. The Hall–Kier alpha value is -1.13. The highest BCUT2D eigenvalue weighted by Crippen LogP contribution is 2.48. The minimum atomic E-state index is 0.0347. The Bertz CT molecular complexity index is 516. The number of nitrogen functional groups attached to an aromatic ring is 1. The van der Waals surface area contributed by atoms with Crippen molar-refractivity contribution in [3.8, 4) is 0 Å². The molecule has 1 aromatic heterocycles. The first kappa shape index (κ1) is 9.12. The predicted octanol–water partition coefficient (Wildman–Crippen LogP) is 1.90. The van der Waals surface area contributed by atoms with E-state index in [0.29, 0.717) is 5.13 Å². The van der Waals surface area contributed by atoms with Gasteiger partial charge in [-0.1, -0.05) is 17.4 Å². The van der Waals surface area contributed by atoms with E-state index >= 15 is 0 Å². The van der Waals surface area contributed by atoms with Crippen molar-refractivity contribution in [3.05, 3.63) is 23.8 Å². The third-order valence-corrected chi connectivity index (χ3v) is 4.02. The number of aliphatic hydroxyl groups excluding tert-OH is 1. The fraction of sp³-hybridized carbons (Fsp3) is 0.364. The summed E-state index contributed by atoms with van der Waals surface area (Å²) in [5.41, 5.74) is 7.87. The maximum atomic E-state index is 9.35. The minimum absolute atomic E-state index is 0.0347. The molecular weight excluding hydrogens is 208 g/mol. The van der Waals surface area contributed by atoms with Gasteiger partial charge in [0, 0.05) is 5.41 Å². The largest absolute Gasteiger partial charge is 0.395 e. The maximum Gasteiger partial charge on any atom is 0.181 e. The number of anilines is 1. The average molecular weight is 220 g/mol. The van der Waals surface area contributed by atoms with E-state index in [-0.39, 0.29) is 12.0 Å². The molecule has 0 unspecified atom stereocenters. The standard InChI is InChI=1S/C11H12N2OS/c12-10-13-8-2-1-7(5-9(8)15-10)11(6-14)3-4-11/h1-2,5,14H,3-4,6H2,(H2,12,13). The number of fused-ring (bicyclic) bond motifs is 1. The normalized spacial score (nSPS) is 18.2. The van der Waals surface area contributed by atoms with Gasteiger partial charge in [-0.3, -0.25) is 0 Å². The molecule has 1 saturated carbocycles. The second-order valence-electron chi connectivity index (χ2n) is 4.17. The minimum Gasteiger partial charge on any atom is -0.395 e. The SMILES string of the molecule is Nc1nc2ccc(C3(CO)CC3)cc2s1. The average Bonchev–Trinajstić information content (AvgIpc) is 2.94. The van der Waals surface area contributed by atoms with Crippen molar-refractivity contribution in [2.45, 2.75) is 18.3 Å². The van der Waals surface area contributed by atoms with Crippen molar-refractivity contribution < 1.29 is 5.11 Å². The van der Waals surface area contributed by atoms with Crippen LogP contribution in [0, 0.1) is 0 Å². The molecule has 4 heteroatoms. The number of aromatic nitrogens is 1. The predicted molar refractivity (Wildman–Crippen MR) is 62.0 cm³/mol. The molecule has 3 nitrogen and oxygen atoms in total. The lowest BCUT2D eigenvalue weighted by Crippen LogP contribution is -2.11. The summed E-state index contributed by atoms with van der Waals surface area (Å²) in [7, 11) is 0. The molecule has 0 atom stereocenters. The van der Waals surface area contributed by atoms with Crippen LogP contribution in [0.4, 0.5) is 5.13 Å². The van der Waals surface area contributed by atoms with E-state index in [1.54, 1.807) is 0 Å². The number of nitrogens with two attached hydrogens (primary N) is 1. The van der Waals surface area contributed by atoms with Crippen LogP contribution in [0.3, 0.4) is 0 Å². The molecule has 2 aromatic rings. The molecule has 1 aliphatic carbocycles. The highest BCUT2D eigenvalue weighted by molar-refractivity contribution is 7.22. The maximum absolute atomic E-state index is 9.35. The van der Waals surface area contributed by atoms with Crippen molar-refractivity contribution in [3.63, 3.8) is 0 Å². The van der Waals surface area contributed by atoms with Crippen molar-refractivity contribution in [1.29, 1.82) is 0 Å². The molecule has 0 amide bonds. The third-order valence-electron chi connectivity index (χ3n) is 3.17. The Labute approximate surface area is 91.6 Å². The van der Waals surface area contributed by atoms with E-state index in [9.17, 15) is 5.11 Å². The number of benzene rings is 1. The monoisotopic (exact) mass is 220 g/mol. The molecule has 0 bridgehead atoms. The van der Waals surface area contributed by atoms with Crippen LogP contribution in [0.15, 0.2) is 18.2 Å². The Morgan fingerprint density at radius 3 is 2.93 bits per heavy atom. The van der Waals surface area contributed by atoms with Crippen LogP contribution in [-0.2, 0) is 5.41 Å². The van der Waals surface area contributed by atoms with Gasteiger partial charge in [0.05, 0.1) is 16.8 Å². The van der Waals surface area contributed by atoms with Gasteiger partial charge in [0.2, 0.25) is 0 Å². The number of nitrogens with zero attached hydrogens (tertiary/aromatic N) is 1. The molecule has 1 heterocycles. The van der Waals surface area contributed by atoms with Gasteiger partial charge in [-0.15, -0.1) is 0 Å². The van der Waals surface area contributed by atoms with Crippen molar-refractivity contribution in [2.75, 3.05) is 12.3 Å². The zero-order chi connectivity index (χ0) is 10.5. The molecular formula is C11H12N2OS. The second-order valence-corrected chi connectivity index (χ2v) is 5.24. The first-order chi connectivity index (χ1) is 7.23. The smallest absolute Gasteiger partial charge is 0.181 e. The summed E-state index contributed by atoms with van der Waals surface area (Å²) in [5, 5.41) is 9.96. The van der Waals surface area contributed by atoms with Crippen molar-refractivity contribution in [2.24, 2.45) is 0 Å². The summed E-state index contributed by atoms with van der Waals surface area (Å²) in [5.74, 6) is 0. The quantitative estimate of drug-likeness (QED) is 0.812. The van der Waals surface area contributed by atoms with Crippen LogP contribution >= 0.6 is 11.3 Å². The van der Waals surface area contributed by atoms with Crippen LogP contribution in [-0.4, -0.2) is 16.7 Å². The van der Waals surface area contributed by atoms with E-state index in [4.69, 9.17) is 5.73 Å². The Balaban J connectivity index is 2.13. The molecule has 0 aliphatic heterocycles. The summed E-state index contributed by atoms with van der Waals surface area (Å²) in [6, 6.07) is 6.17. The summed E-state index contributed by atoms with van der Waals surface area (Å²) < 4.78 is 1.12. The molecule has 1 aromatic carbocycles. The van der Waals surface area contributed by atoms with E-state index in [1.165, 1.54) is 16.9 Å². The lowest BCUT2D eigenvalue weighted by molar-refractivity contribution is 0.255. The lowest BCUT2D eigenvalue weighted by Gasteiger charge is -2.11. The first-order valence-corrected chi connectivity index (χ1v) is 5.83. The summed E-state index contributed by atoms with van der Waals surface area (Å²) >= 11 is 1.51. The molecule has 0 radical (unpaired) electrons.